The van der Waals surface area contributed by atoms with Crippen molar-refractivity contribution in [3.63, 3.8) is 0 Å². The summed E-state index contributed by atoms with van der Waals surface area (Å²) in [4.78, 5) is 2.60. The molecule has 12 rings (SSSR count). The summed E-state index contributed by atoms with van der Waals surface area (Å²) in [6, 6.07) is 57.8. The molecule has 5 aliphatic rings. The van der Waals surface area contributed by atoms with Crippen molar-refractivity contribution in [2.75, 3.05) is 4.90 Å². The third kappa shape index (κ3) is 8.26. The summed E-state index contributed by atoms with van der Waals surface area (Å²) < 4.78 is 0. The molecule has 0 spiro atoms. The van der Waals surface area contributed by atoms with E-state index in [2.05, 4.69) is 164 Å². The predicted molar refractivity (Wildman–Crippen MR) is 289 cm³/mol. The van der Waals surface area contributed by atoms with E-state index >= 15 is 0 Å². The fourth-order valence-corrected chi connectivity index (χ4v) is 13.8. The van der Waals surface area contributed by atoms with Crippen LogP contribution in [0.2, 0.25) is 0 Å². The fourth-order valence-electron chi connectivity index (χ4n) is 13.8. The molecule has 7 aromatic rings. The maximum absolute atomic E-state index is 2.64. The smallest absolute Gasteiger partial charge is 0.0496 e. The van der Waals surface area contributed by atoms with Crippen molar-refractivity contribution < 1.29 is 0 Å². The molecule has 1 heteroatoms. The first-order chi connectivity index (χ1) is 33.5. The van der Waals surface area contributed by atoms with Gasteiger partial charge in [0.2, 0.25) is 0 Å². The van der Waals surface area contributed by atoms with Crippen molar-refractivity contribution >= 4 is 17.1 Å². The van der Waals surface area contributed by atoms with E-state index in [1.807, 2.05) is 0 Å². The van der Waals surface area contributed by atoms with Crippen molar-refractivity contribution in [3.8, 4) is 44.5 Å². The molecule has 3 fully saturated rings. The summed E-state index contributed by atoms with van der Waals surface area (Å²) >= 11 is 0. The molecule has 5 aliphatic carbocycles. The van der Waals surface area contributed by atoms with Gasteiger partial charge in [0, 0.05) is 22.5 Å². The molecule has 0 aliphatic heterocycles. The molecule has 0 atom stereocenters. The molecule has 68 heavy (non-hydrogen) atoms. The Morgan fingerprint density at radius 2 is 0.897 bits per heavy atom. The maximum atomic E-state index is 2.64. The predicted octanol–water partition coefficient (Wildman–Crippen LogP) is 19.5. The van der Waals surface area contributed by atoms with Crippen LogP contribution in [0.3, 0.4) is 0 Å². The summed E-state index contributed by atoms with van der Waals surface area (Å²) in [6.45, 7) is 4.82. The molecule has 0 bridgehead atoms. The molecule has 0 N–H and O–H groups in total. The summed E-state index contributed by atoms with van der Waals surface area (Å²) in [7, 11) is 0. The fraction of sp³-hybridized carbons (Fsp3) is 0.373. The van der Waals surface area contributed by atoms with Gasteiger partial charge in [0.15, 0.2) is 0 Å². The van der Waals surface area contributed by atoms with Crippen LogP contribution in [0.4, 0.5) is 17.1 Å². The Morgan fingerprint density at radius 3 is 1.56 bits per heavy atom. The molecule has 1 nitrogen and oxygen atoms in total. The van der Waals surface area contributed by atoms with Gasteiger partial charge in [-0.15, -0.1) is 0 Å². The van der Waals surface area contributed by atoms with Gasteiger partial charge < -0.3 is 4.90 Å². The van der Waals surface area contributed by atoms with Gasteiger partial charge in [-0.05, 0) is 202 Å². The van der Waals surface area contributed by atoms with Gasteiger partial charge in [-0.2, -0.15) is 0 Å². The molecule has 0 radical (unpaired) electrons. The second kappa shape index (κ2) is 18.7. The van der Waals surface area contributed by atoms with E-state index in [1.54, 1.807) is 16.7 Å². The van der Waals surface area contributed by atoms with Crippen LogP contribution in [-0.2, 0) is 18.3 Å². The first kappa shape index (κ1) is 43.6. The molecule has 0 saturated heterocycles. The second-order valence-corrected chi connectivity index (χ2v) is 22.2. The zero-order chi connectivity index (χ0) is 45.6. The van der Waals surface area contributed by atoms with Gasteiger partial charge in [0.05, 0.1) is 0 Å². The molecular weight excluding hydrogens is 819 g/mol. The lowest BCUT2D eigenvalue weighted by Gasteiger charge is -2.32. The summed E-state index contributed by atoms with van der Waals surface area (Å²) in [5.41, 5.74) is 25.2. The quantitative estimate of drug-likeness (QED) is 0.140. The molecule has 0 aromatic heterocycles. The van der Waals surface area contributed by atoms with Crippen molar-refractivity contribution in [2.24, 2.45) is 0 Å². The Kier molecular flexibility index (Phi) is 12.0. The van der Waals surface area contributed by atoms with Crippen LogP contribution < -0.4 is 4.90 Å². The highest BCUT2D eigenvalue weighted by Crippen LogP contribution is 2.52. The number of hydrogen-bond acceptors (Lipinski definition) is 1. The summed E-state index contributed by atoms with van der Waals surface area (Å²) in [6.07, 6.45) is 25.1. The van der Waals surface area contributed by atoms with Gasteiger partial charge in [0.25, 0.3) is 0 Å². The SMILES string of the molecule is CC1(C)c2ccccc2-c2ccc(N(c3ccc(-c4ccc(C5CCCCC5)cc4)cc3)c3ccc(-c4cccc(-c5cc(C6CCCCC6)cc(C6CCCCC6)c5)c4)c4c3CCCC4)cc21. The van der Waals surface area contributed by atoms with Gasteiger partial charge in [-0.25, -0.2) is 0 Å². The van der Waals surface area contributed by atoms with Crippen molar-refractivity contribution in [2.45, 2.75) is 159 Å². The van der Waals surface area contributed by atoms with E-state index in [0.29, 0.717) is 11.8 Å². The molecule has 7 aromatic carbocycles. The van der Waals surface area contributed by atoms with Crippen LogP contribution in [0, 0.1) is 0 Å². The lowest BCUT2D eigenvalue weighted by molar-refractivity contribution is 0.435. The molecule has 344 valence electrons. The largest absolute Gasteiger partial charge is 0.310 e. The number of anilines is 3. The van der Waals surface area contributed by atoms with E-state index in [-0.39, 0.29) is 5.41 Å². The number of nitrogens with zero attached hydrogens (tertiary/aromatic N) is 1. The van der Waals surface area contributed by atoms with Crippen LogP contribution in [0.15, 0.2) is 146 Å². The molecule has 0 unspecified atom stereocenters. The Balaban J connectivity index is 0.938. The number of hydrogen-bond donors (Lipinski definition) is 0. The van der Waals surface area contributed by atoms with Gasteiger partial charge in [-0.1, -0.05) is 181 Å². The van der Waals surface area contributed by atoms with Gasteiger partial charge in [-0.3, -0.25) is 0 Å². The Hall–Kier alpha value is -5.66. The lowest BCUT2D eigenvalue weighted by atomic mass is 9.78. The minimum atomic E-state index is -0.0807. The average Bonchev–Trinajstić information content (AvgIpc) is 3.64. The average molecular weight is 890 g/mol. The van der Waals surface area contributed by atoms with Crippen molar-refractivity contribution in [3.05, 3.63) is 185 Å². The minimum Gasteiger partial charge on any atom is -0.310 e. The Labute approximate surface area is 408 Å². The lowest BCUT2D eigenvalue weighted by Crippen LogP contribution is -2.18. The van der Waals surface area contributed by atoms with E-state index in [9.17, 15) is 0 Å². The van der Waals surface area contributed by atoms with Crippen LogP contribution in [0.5, 0.6) is 0 Å². The third-order valence-corrected chi connectivity index (χ3v) is 17.7. The van der Waals surface area contributed by atoms with Crippen LogP contribution in [-0.4, -0.2) is 0 Å². The van der Waals surface area contributed by atoms with Crippen LogP contribution >= 0.6 is 0 Å². The third-order valence-electron chi connectivity index (χ3n) is 17.7. The van der Waals surface area contributed by atoms with Gasteiger partial charge in [0.1, 0.15) is 0 Å². The van der Waals surface area contributed by atoms with Crippen molar-refractivity contribution in [1.82, 2.24) is 0 Å². The monoisotopic (exact) mass is 890 g/mol. The first-order valence-corrected chi connectivity index (χ1v) is 27.1. The molecule has 0 amide bonds. The Morgan fingerprint density at radius 1 is 0.353 bits per heavy atom. The number of benzene rings is 7. The molecule has 3 saturated carbocycles. The molecule has 0 heterocycles. The van der Waals surface area contributed by atoms with E-state index in [4.69, 9.17) is 0 Å². The minimum absolute atomic E-state index is 0.0807. The second-order valence-electron chi connectivity index (χ2n) is 22.2. The zero-order valence-electron chi connectivity index (χ0n) is 41.0. The topological polar surface area (TPSA) is 3.24 Å². The van der Waals surface area contributed by atoms with Crippen LogP contribution in [0.25, 0.3) is 44.5 Å². The highest BCUT2D eigenvalue weighted by molar-refractivity contribution is 5.88. The van der Waals surface area contributed by atoms with Crippen molar-refractivity contribution in [1.29, 1.82) is 0 Å². The standard InChI is InChI=1S/C67H71N/c1-67(2)64-28-15-14-26-61(64)62-38-37-58(45-65(62)67)68(57-35-33-51(34-36-57)50-31-29-49(30-32-50)46-17-6-3-7-18-46)66-40-39-59(60-25-12-13-27-63(60)66)53-24-16-23-52(41-53)56-43-54(47-19-8-4-9-20-47)42-55(44-56)48-21-10-5-11-22-48/h14-16,23-24,26,28-48H,3-13,17-22,25,27H2,1-2H3. The van der Waals surface area contributed by atoms with Gasteiger partial charge >= 0.3 is 0 Å². The highest BCUT2D eigenvalue weighted by Gasteiger charge is 2.36. The highest BCUT2D eigenvalue weighted by atomic mass is 15.1. The number of rotatable bonds is 9. The van der Waals surface area contributed by atoms with Crippen LogP contribution in [0.1, 0.15) is 180 Å². The normalized spacial score (nSPS) is 18.4. The molecular formula is C67H71N. The van der Waals surface area contributed by atoms with E-state index < -0.39 is 0 Å². The first-order valence-electron chi connectivity index (χ1n) is 27.1. The van der Waals surface area contributed by atoms with E-state index in [0.717, 1.165) is 18.8 Å². The zero-order valence-corrected chi connectivity index (χ0v) is 41.0. The summed E-state index contributed by atoms with van der Waals surface area (Å²) in [5, 5.41) is 0. The van der Waals surface area contributed by atoms with E-state index in [1.165, 1.54) is 193 Å². The number of fused-ring (bicyclic) bond motifs is 4. The Bertz CT molecular complexity index is 2880. The maximum Gasteiger partial charge on any atom is 0.0496 e. The summed E-state index contributed by atoms with van der Waals surface area (Å²) in [5.74, 6) is 2.14.